The van der Waals surface area contributed by atoms with Crippen LogP contribution >= 0.6 is 11.3 Å². The van der Waals surface area contributed by atoms with E-state index in [1.54, 1.807) is 30.3 Å². The Hall–Kier alpha value is -8.45. The Morgan fingerprint density at radius 2 is 1.56 bits per heavy atom. The molecule has 0 radical (unpaired) electrons. The molecule has 0 saturated carbocycles. The van der Waals surface area contributed by atoms with E-state index in [0.717, 1.165) is 46.4 Å². The molecule has 1 aromatic heterocycles. The molecule has 0 unspecified atom stereocenters. The first-order chi connectivity index (χ1) is 34.6. The molecule has 4 heterocycles. The second-order valence-electron chi connectivity index (χ2n) is 17.9. The number of non-ortho nitro benzene ring substituents is 1. The summed E-state index contributed by atoms with van der Waals surface area (Å²) in [6.07, 6.45) is 3.87. The van der Waals surface area contributed by atoms with Crippen molar-refractivity contribution in [1.82, 2.24) is 9.88 Å². The molecular weight excluding hydrogens is 919 g/mol. The van der Waals surface area contributed by atoms with E-state index in [-0.39, 0.29) is 34.4 Å². The Morgan fingerprint density at radius 3 is 2.27 bits per heavy atom. The van der Waals surface area contributed by atoms with Crippen LogP contribution in [-0.2, 0) is 35.9 Å². The smallest absolute Gasteiger partial charge is 0.421 e. The van der Waals surface area contributed by atoms with Crippen LogP contribution < -0.4 is 10.2 Å². The van der Waals surface area contributed by atoms with Crippen molar-refractivity contribution in [3.63, 3.8) is 0 Å². The molecule has 352 valence electrons. The number of rotatable bonds is 8. The van der Waals surface area contributed by atoms with Gasteiger partial charge in [-0.2, -0.15) is 0 Å². The first kappa shape index (κ1) is 45.0. The molecule has 15 heteroatoms. The van der Waals surface area contributed by atoms with Gasteiger partial charge in [-0.15, -0.1) is 0 Å². The minimum absolute atomic E-state index is 0.0634. The average Bonchev–Trinajstić information content (AvgIpc) is 4.04. The van der Waals surface area contributed by atoms with E-state index in [1.807, 2.05) is 89.8 Å². The van der Waals surface area contributed by atoms with E-state index >= 15 is 14.4 Å². The van der Waals surface area contributed by atoms with Crippen molar-refractivity contribution in [3.8, 4) is 17.6 Å². The third-order valence-electron chi connectivity index (χ3n) is 13.8. The number of thiazole rings is 1. The fraction of sp³-hybridized carbons (Fsp3) is 0.196. The number of aromatic nitrogens is 1. The fourth-order valence-corrected chi connectivity index (χ4v) is 11.6. The van der Waals surface area contributed by atoms with Crippen LogP contribution in [0.5, 0.6) is 5.75 Å². The predicted molar refractivity (Wildman–Crippen MR) is 265 cm³/mol. The number of cyclic esters (lactones) is 1. The molecule has 4 aliphatic rings. The number of phenolic OH excluding ortho intramolecular Hbond substituents is 1. The van der Waals surface area contributed by atoms with Gasteiger partial charge in [0.2, 0.25) is 11.8 Å². The molecular formula is C56H43N5O9S. The summed E-state index contributed by atoms with van der Waals surface area (Å²) in [5, 5.41) is 25.5. The van der Waals surface area contributed by atoms with Gasteiger partial charge >= 0.3 is 12.1 Å². The van der Waals surface area contributed by atoms with Crippen molar-refractivity contribution in [2.24, 2.45) is 5.92 Å². The minimum Gasteiger partial charge on any atom is -0.508 e. The van der Waals surface area contributed by atoms with Crippen LogP contribution in [0, 0.1) is 27.9 Å². The minimum atomic E-state index is -2.12. The maximum Gasteiger partial charge on any atom is 0.421 e. The molecule has 2 saturated heterocycles. The number of esters is 1. The molecule has 14 nitrogen and oxygen atoms in total. The van der Waals surface area contributed by atoms with Crippen molar-refractivity contribution < 1.29 is 38.7 Å². The first-order valence-corrected chi connectivity index (χ1v) is 24.0. The Labute approximate surface area is 411 Å². The number of benzene rings is 6. The summed E-state index contributed by atoms with van der Waals surface area (Å²) in [6.45, 7) is -0.361. The number of aromatic hydroxyl groups is 1. The number of amides is 3. The zero-order valence-corrected chi connectivity index (χ0v) is 38.7. The SMILES string of the molecule is O=C1O[C@@H](c2ccccc2)[C@@H](c2ccccc2)N2[C@@H](c3ccc(O)cc3)[C@]3(C(=O)N(C(=O)OCc4ccc([N+](=O)[O-])cc4)c4ccc(C#CC5=CCCCC5)cc43)[C@@H](C(=O)Nc3nc4ccccc4s3)[C@H]12. The largest absolute Gasteiger partial charge is 0.508 e. The van der Waals surface area contributed by atoms with Crippen LogP contribution in [0.3, 0.4) is 0 Å². The number of fused-ring (bicyclic) bond motifs is 4. The summed E-state index contributed by atoms with van der Waals surface area (Å²) < 4.78 is 13.3. The molecule has 2 N–H and O–H groups in total. The number of nitro benzene ring substituents is 1. The second kappa shape index (κ2) is 18.5. The van der Waals surface area contributed by atoms with E-state index < -0.39 is 64.4 Å². The summed E-state index contributed by atoms with van der Waals surface area (Å²) in [5.41, 5.74) is 2.43. The van der Waals surface area contributed by atoms with Crippen LogP contribution in [0.2, 0.25) is 0 Å². The van der Waals surface area contributed by atoms with Crippen molar-refractivity contribution in [1.29, 1.82) is 0 Å². The normalized spacial score (nSPS) is 22.5. The van der Waals surface area contributed by atoms with E-state index in [2.05, 4.69) is 23.2 Å². The van der Waals surface area contributed by atoms with Gasteiger partial charge < -0.3 is 19.9 Å². The van der Waals surface area contributed by atoms with Gasteiger partial charge in [0.25, 0.3) is 5.69 Å². The number of imide groups is 1. The lowest BCUT2D eigenvalue weighted by Crippen LogP contribution is -2.54. The van der Waals surface area contributed by atoms with Crippen LogP contribution in [0.25, 0.3) is 10.2 Å². The quantitative estimate of drug-likeness (QED) is 0.0640. The Kier molecular flexibility index (Phi) is 11.7. The standard InChI is InChI=1S/C56H43N5O9S/c62-41-29-25-39(26-30-41)50-56(42-32-35(21-20-34-12-4-1-5-13-34)24-31-44(42)59(53(56)65)55(66)69-33-36-22-27-40(28-23-36)61(67)68)46(51(63)58-54-57-43-18-10-11-19-45(43)71-54)48-52(64)70-49(38-16-8-3-9-17-38)47(60(48)50)37-14-6-2-7-15-37/h2-3,6-12,14-19,22-32,46-50,62H,1,4-5,13,33H2,(H,57,58,63)/t46-,47-,48-,49+,50+,56-/m1/s1. The molecule has 3 amide bonds. The number of nitrogens with one attached hydrogen (secondary N) is 1. The van der Waals surface area contributed by atoms with Crippen molar-refractivity contribution in [2.75, 3.05) is 10.2 Å². The van der Waals surface area contributed by atoms with Gasteiger partial charge in [0.15, 0.2) is 5.13 Å². The van der Waals surface area contributed by atoms with Gasteiger partial charge in [-0.1, -0.05) is 114 Å². The molecule has 1 spiro atoms. The number of nitro groups is 1. The highest BCUT2D eigenvalue weighted by Crippen LogP contribution is 2.66. The van der Waals surface area contributed by atoms with Gasteiger partial charge in [0.1, 0.15) is 29.9 Å². The molecule has 11 rings (SSSR count). The number of para-hydroxylation sites is 1. The van der Waals surface area contributed by atoms with Crippen LogP contribution in [0.4, 0.5) is 21.3 Å². The van der Waals surface area contributed by atoms with E-state index in [0.29, 0.717) is 27.8 Å². The second-order valence-corrected chi connectivity index (χ2v) is 18.9. The summed E-state index contributed by atoms with van der Waals surface area (Å²) >= 11 is 1.23. The van der Waals surface area contributed by atoms with E-state index in [4.69, 9.17) is 14.5 Å². The molecule has 1 aliphatic carbocycles. The maximum absolute atomic E-state index is 16.6. The Bertz CT molecular complexity index is 3320. The predicted octanol–water partition coefficient (Wildman–Crippen LogP) is 10.4. The lowest BCUT2D eigenvalue weighted by atomic mass is 9.65. The van der Waals surface area contributed by atoms with Crippen LogP contribution in [0.1, 0.15) is 77.3 Å². The van der Waals surface area contributed by atoms with Gasteiger partial charge in [-0.25, -0.2) is 14.7 Å². The highest BCUT2D eigenvalue weighted by atomic mass is 32.1. The van der Waals surface area contributed by atoms with Crippen LogP contribution in [0.15, 0.2) is 163 Å². The number of carbonyl (C=O) groups is 4. The van der Waals surface area contributed by atoms with Gasteiger partial charge in [0.05, 0.1) is 38.8 Å². The number of anilines is 2. The van der Waals surface area contributed by atoms with Crippen molar-refractivity contribution in [2.45, 2.75) is 61.9 Å². The summed E-state index contributed by atoms with van der Waals surface area (Å²) in [4.78, 5) is 81.2. The average molecular weight is 962 g/mol. The number of nitrogens with zero attached hydrogens (tertiary/aromatic N) is 4. The van der Waals surface area contributed by atoms with Crippen molar-refractivity contribution >= 4 is 61.9 Å². The van der Waals surface area contributed by atoms with Crippen LogP contribution in [-0.4, -0.2) is 49.8 Å². The molecule has 0 bridgehead atoms. The van der Waals surface area contributed by atoms with E-state index in [9.17, 15) is 20.0 Å². The first-order valence-electron chi connectivity index (χ1n) is 23.2. The molecule has 6 atom stereocenters. The topological polar surface area (TPSA) is 182 Å². The zero-order chi connectivity index (χ0) is 48.8. The molecule has 71 heavy (non-hydrogen) atoms. The summed E-state index contributed by atoms with van der Waals surface area (Å²) in [7, 11) is 0. The van der Waals surface area contributed by atoms with Crippen molar-refractivity contribution in [3.05, 3.63) is 207 Å². The number of ether oxygens (including phenoxy) is 2. The maximum atomic E-state index is 16.6. The lowest BCUT2D eigenvalue weighted by Gasteiger charge is -2.46. The van der Waals surface area contributed by atoms with Gasteiger partial charge in [-0.3, -0.25) is 29.4 Å². The van der Waals surface area contributed by atoms with Gasteiger partial charge in [0, 0.05) is 17.7 Å². The lowest BCUT2D eigenvalue weighted by molar-refractivity contribution is -0.384. The molecule has 7 aromatic rings. The Balaban J connectivity index is 1.16. The number of allylic oxidation sites excluding steroid dienone is 2. The van der Waals surface area contributed by atoms with E-state index in [1.165, 1.54) is 47.7 Å². The third-order valence-corrected chi connectivity index (χ3v) is 14.8. The number of hydrogen-bond donors (Lipinski definition) is 2. The molecule has 2 fully saturated rings. The molecule has 3 aliphatic heterocycles. The fourth-order valence-electron chi connectivity index (χ4n) is 10.8. The third kappa shape index (κ3) is 7.96. The number of morpholine rings is 1. The highest BCUT2D eigenvalue weighted by Gasteiger charge is 2.76. The summed E-state index contributed by atoms with van der Waals surface area (Å²) in [5.74, 6) is 2.59. The zero-order valence-electron chi connectivity index (χ0n) is 37.8. The Morgan fingerprint density at radius 1 is 0.845 bits per heavy atom. The number of phenols is 1. The molecule has 6 aromatic carbocycles. The number of carbonyl (C=O) groups excluding carboxylic acids is 4. The summed E-state index contributed by atoms with van der Waals surface area (Å²) in [6, 6.07) is 39.4. The number of hydrogen-bond acceptors (Lipinski definition) is 12. The van der Waals surface area contributed by atoms with Gasteiger partial charge in [-0.05, 0) is 114 Å². The highest BCUT2D eigenvalue weighted by molar-refractivity contribution is 7.22. The monoisotopic (exact) mass is 961 g/mol.